The molecule has 0 spiro atoms. The third kappa shape index (κ3) is 5.87. The van der Waals surface area contributed by atoms with Crippen molar-refractivity contribution in [1.29, 1.82) is 5.26 Å². The Bertz CT molecular complexity index is 3340. The van der Waals surface area contributed by atoms with Gasteiger partial charge in [0.05, 0.1) is 33.4 Å². The van der Waals surface area contributed by atoms with E-state index in [2.05, 4.69) is 239 Å². The normalized spacial score (nSPS) is 11.4. The summed E-state index contributed by atoms with van der Waals surface area (Å²) in [5.41, 5.74) is 17.3. The van der Waals surface area contributed by atoms with Crippen molar-refractivity contribution < 1.29 is 0 Å². The topological polar surface area (TPSA) is 46.5 Å². The van der Waals surface area contributed by atoms with Crippen molar-refractivity contribution in [3.63, 3.8) is 0 Å². The van der Waals surface area contributed by atoms with Gasteiger partial charge >= 0.3 is 0 Å². The van der Waals surface area contributed by atoms with E-state index < -0.39 is 0 Å². The largest absolute Gasteiger partial charge is 0.308 e. The van der Waals surface area contributed by atoms with Crippen molar-refractivity contribution in [2.45, 2.75) is 0 Å². The summed E-state index contributed by atoms with van der Waals surface area (Å²) in [4.78, 5) is 4.40. The number of nitriles is 1. The van der Waals surface area contributed by atoms with Gasteiger partial charge in [0.1, 0.15) is 11.6 Å². The molecule has 3 heterocycles. The average Bonchev–Trinajstić information content (AvgIpc) is 3.90. The van der Waals surface area contributed by atoms with Gasteiger partial charge in [-0.15, -0.1) is 0 Å². The number of benzene rings is 9. The van der Waals surface area contributed by atoms with Gasteiger partial charge < -0.3 is 9.13 Å². The number of hydrogen-bond acceptors (Lipinski definition) is 2. The zero-order chi connectivity index (χ0) is 42.6. The molecular formula is C60H38N4. The van der Waals surface area contributed by atoms with Gasteiger partial charge in [0, 0.05) is 33.9 Å². The summed E-state index contributed by atoms with van der Waals surface area (Å²) in [7, 11) is 0. The predicted molar refractivity (Wildman–Crippen MR) is 265 cm³/mol. The minimum atomic E-state index is 0.570. The first-order chi connectivity index (χ1) is 31.8. The molecule has 3 aromatic heterocycles. The van der Waals surface area contributed by atoms with Crippen molar-refractivity contribution in [2.75, 3.05) is 0 Å². The lowest BCUT2D eigenvalue weighted by Gasteiger charge is -2.18. The first-order valence-corrected chi connectivity index (χ1v) is 21.6. The van der Waals surface area contributed by atoms with Gasteiger partial charge in [-0.1, -0.05) is 170 Å². The molecule has 0 saturated carbocycles. The van der Waals surface area contributed by atoms with Crippen LogP contribution in [0.25, 0.3) is 111 Å². The highest BCUT2D eigenvalue weighted by atomic mass is 15.0. The van der Waals surface area contributed by atoms with E-state index in [0.717, 1.165) is 111 Å². The quantitative estimate of drug-likeness (QED) is 0.161. The molecule has 12 rings (SSSR count). The van der Waals surface area contributed by atoms with Crippen molar-refractivity contribution in [3.05, 3.63) is 236 Å². The summed E-state index contributed by atoms with van der Waals surface area (Å²) in [6.07, 6.45) is 3.68. The van der Waals surface area contributed by atoms with E-state index in [1.54, 1.807) is 0 Å². The van der Waals surface area contributed by atoms with E-state index in [4.69, 9.17) is 0 Å². The molecule has 4 heteroatoms. The smallest absolute Gasteiger partial charge is 0.104 e. The third-order valence-electron chi connectivity index (χ3n) is 12.7. The van der Waals surface area contributed by atoms with Crippen LogP contribution in [0.3, 0.4) is 0 Å². The van der Waals surface area contributed by atoms with Crippen molar-refractivity contribution in [1.82, 2.24) is 14.1 Å². The highest BCUT2D eigenvalue weighted by Gasteiger charge is 2.26. The predicted octanol–water partition coefficient (Wildman–Crippen LogP) is 15.5. The van der Waals surface area contributed by atoms with Crippen LogP contribution in [-0.4, -0.2) is 14.1 Å². The summed E-state index contributed by atoms with van der Waals surface area (Å²) in [5, 5.41) is 16.3. The highest BCUT2D eigenvalue weighted by molar-refractivity contribution is 6.22. The zero-order valence-corrected chi connectivity index (χ0v) is 34.7. The molecule has 0 atom stereocenters. The Kier molecular flexibility index (Phi) is 8.84. The maximum atomic E-state index is 11.8. The molecule has 64 heavy (non-hydrogen) atoms. The van der Waals surface area contributed by atoms with E-state index in [0.29, 0.717) is 5.56 Å². The van der Waals surface area contributed by atoms with Crippen molar-refractivity contribution in [2.24, 2.45) is 0 Å². The molecule has 0 unspecified atom stereocenters. The summed E-state index contributed by atoms with van der Waals surface area (Å²) in [6.45, 7) is 0. The third-order valence-corrected chi connectivity index (χ3v) is 12.7. The lowest BCUT2D eigenvalue weighted by Crippen LogP contribution is -2.05. The number of nitrogens with zero attached hydrogens (tertiary/aromatic N) is 4. The Morgan fingerprint density at radius 1 is 0.312 bits per heavy atom. The van der Waals surface area contributed by atoms with Gasteiger partial charge in [-0.05, 0) is 104 Å². The second kappa shape index (κ2) is 15.3. The fourth-order valence-corrected chi connectivity index (χ4v) is 9.96. The number of hydrogen-bond donors (Lipinski definition) is 0. The second-order valence-electron chi connectivity index (χ2n) is 16.2. The molecule has 0 saturated heterocycles. The Morgan fingerprint density at radius 2 is 0.625 bits per heavy atom. The molecule has 12 aromatic rings. The fourth-order valence-electron chi connectivity index (χ4n) is 9.96. The Balaban J connectivity index is 1.25. The summed E-state index contributed by atoms with van der Waals surface area (Å²) in [6, 6.07) is 80.1. The van der Waals surface area contributed by atoms with Crippen LogP contribution in [0.4, 0.5) is 0 Å². The van der Waals surface area contributed by atoms with Crippen LogP contribution in [0.1, 0.15) is 5.56 Å². The molecule has 0 aliphatic carbocycles. The highest BCUT2D eigenvalue weighted by Crippen LogP contribution is 2.47. The molecular weight excluding hydrogens is 777 g/mol. The molecule has 0 bridgehead atoms. The molecule has 0 radical (unpaired) electrons. The van der Waals surface area contributed by atoms with Gasteiger partial charge in [0.2, 0.25) is 0 Å². The standard InChI is InChI=1S/C60H38N4/c61-39-50-55(63-51-29-13-25-46(41-17-5-1-6-18-41)57(51)58-47(26-14-30-52(58)63)42-19-7-2-8-20-42)37-45(40-33-35-62-36-34-40)38-56(50)64-53-31-15-27-48(43-21-9-3-10-22-43)59(53)60-49(28-16-32-54(60)64)44-23-11-4-12-24-44/h1-38H. The Hall–Kier alpha value is -8.78. The van der Waals surface area contributed by atoms with Gasteiger partial charge in [-0.2, -0.15) is 5.26 Å². The molecule has 0 fully saturated rings. The number of fused-ring (bicyclic) bond motifs is 6. The van der Waals surface area contributed by atoms with Crippen LogP contribution in [0, 0.1) is 11.3 Å². The average molecular weight is 815 g/mol. The summed E-state index contributed by atoms with van der Waals surface area (Å²) >= 11 is 0. The van der Waals surface area contributed by atoms with E-state index in [9.17, 15) is 5.26 Å². The van der Waals surface area contributed by atoms with Gasteiger partial charge in [-0.3, -0.25) is 4.98 Å². The number of aromatic nitrogens is 3. The van der Waals surface area contributed by atoms with Crippen LogP contribution in [0.15, 0.2) is 231 Å². The Labute approximate surface area is 370 Å². The van der Waals surface area contributed by atoms with Crippen LogP contribution in [0.5, 0.6) is 0 Å². The van der Waals surface area contributed by atoms with Crippen LogP contribution in [0.2, 0.25) is 0 Å². The second-order valence-corrected chi connectivity index (χ2v) is 16.2. The molecule has 0 aliphatic rings. The zero-order valence-electron chi connectivity index (χ0n) is 34.7. The number of pyridine rings is 1. The maximum absolute atomic E-state index is 11.8. The molecule has 9 aromatic carbocycles. The molecule has 0 N–H and O–H groups in total. The van der Waals surface area contributed by atoms with Gasteiger partial charge in [0.25, 0.3) is 0 Å². The van der Waals surface area contributed by atoms with Gasteiger partial charge in [-0.25, -0.2) is 0 Å². The first-order valence-electron chi connectivity index (χ1n) is 21.6. The fraction of sp³-hybridized carbons (Fsp3) is 0. The summed E-state index contributed by atoms with van der Waals surface area (Å²) in [5.74, 6) is 0. The lowest BCUT2D eigenvalue weighted by molar-refractivity contribution is 1.12. The molecule has 4 nitrogen and oxygen atoms in total. The van der Waals surface area contributed by atoms with E-state index in [1.165, 1.54) is 0 Å². The van der Waals surface area contributed by atoms with Crippen LogP contribution < -0.4 is 0 Å². The molecule has 0 aliphatic heterocycles. The molecule has 0 amide bonds. The van der Waals surface area contributed by atoms with E-state index in [-0.39, 0.29) is 0 Å². The number of rotatable bonds is 7. The van der Waals surface area contributed by atoms with Gasteiger partial charge in [0.15, 0.2) is 0 Å². The minimum Gasteiger partial charge on any atom is -0.308 e. The van der Waals surface area contributed by atoms with Crippen LogP contribution >= 0.6 is 0 Å². The minimum absolute atomic E-state index is 0.570. The summed E-state index contributed by atoms with van der Waals surface area (Å²) < 4.78 is 4.66. The monoisotopic (exact) mass is 814 g/mol. The van der Waals surface area contributed by atoms with Crippen molar-refractivity contribution >= 4 is 43.6 Å². The van der Waals surface area contributed by atoms with E-state index in [1.807, 2.05) is 12.4 Å². The SMILES string of the molecule is N#Cc1c(-n2c3cccc(-c4ccccc4)c3c3c(-c4ccccc4)cccc32)cc(-c2ccncc2)cc1-n1c2cccc(-c3ccccc3)c2c2c(-c3ccccc3)cccc21. The maximum Gasteiger partial charge on any atom is 0.104 e. The molecule has 298 valence electrons. The van der Waals surface area contributed by atoms with Crippen LogP contribution in [-0.2, 0) is 0 Å². The van der Waals surface area contributed by atoms with Crippen molar-refractivity contribution in [3.8, 4) is 73.1 Å². The first kappa shape index (κ1) is 37.0. The van der Waals surface area contributed by atoms with E-state index >= 15 is 0 Å². The lowest BCUT2D eigenvalue weighted by atomic mass is 9.95. The Morgan fingerprint density at radius 3 is 0.922 bits per heavy atom.